The number of allylic oxidation sites excluding steroid dienone is 1. The zero-order valence-electron chi connectivity index (χ0n) is 34.8. The molecule has 0 saturated carbocycles. The van der Waals surface area contributed by atoms with E-state index in [1.807, 2.05) is 69.3 Å². The number of benzene rings is 5. The lowest BCUT2D eigenvalue weighted by Gasteiger charge is -2.18. The summed E-state index contributed by atoms with van der Waals surface area (Å²) in [7, 11) is 1.38. The predicted octanol–water partition coefficient (Wildman–Crippen LogP) is 12.2. The Hall–Kier alpha value is -7.89. The second-order valence-corrected chi connectivity index (χ2v) is 13.2. The van der Waals surface area contributed by atoms with E-state index in [1.165, 1.54) is 55.7 Å². The van der Waals surface area contributed by atoms with E-state index in [1.54, 1.807) is 30.3 Å². The molecule has 336 valence electrons. The summed E-state index contributed by atoms with van der Waals surface area (Å²) in [6.07, 6.45) is 2.18. The van der Waals surface area contributed by atoms with Gasteiger partial charge in [0.1, 0.15) is 17.1 Å². The standard InChI is InChI=1S/C13H15NO.2C8H6ClNO.C8H4F3NO2.C8H6N2O4/c1-10(2)11-6-5-7-12(8-11)13(3,4)14-9-15;9-5-7-1-3-8(4-2-7)10-6-11;9-5-7-3-1-2-4-8(7)10-6-11;9-8(10,11)14-7-4-2-1-3-6(7)12-5-13;1-14-8-3-2-6(10(12)13)4-7(8)9-5-11/h5-8H,1H2,2-4H3;2*1-4H,5H2;1-4H;2-4H,1H3. The molecule has 0 unspecified atom stereocenters. The van der Waals surface area contributed by atoms with E-state index in [2.05, 4.69) is 36.3 Å². The SMILES string of the molecule is C=C(C)c1cccc(C(C)(C)N=C=O)c1.COc1ccc([N+](=O)[O-])cc1N=C=O.O=C=Nc1ccc(CCl)cc1.O=C=Nc1ccccc1CCl.O=C=Nc1ccccc1OC(F)(F)F. The Labute approximate surface area is 380 Å². The number of methoxy groups -OCH3 is 1. The van der Waals surface area contributed by atoms with Crippen LogP contribution < -0.4 is 9.47 Å². The third-order valence-corrected chi connectivity index (χ3v) is 8.35. The van der Waals surface area contributed by atoms with Crippen LogP contribution in [0.3, 0.4) is 0 Å². The molecule has 0 atom stereocenters. The molecule has 0 aliphatic rings. The third kappa shape index (κ3) is 21.2. The van der Waals surface area contributed by atoms with Gasteiger partial charge in [0.15, 0.2) is 5.75 Å². The first kappa shape index (κ1) is 55.1. The zero-order chi connectivity index (χ0) is 48.8. The summed E-state index contributed by atoms with van der Waals surface area (Å²) in [4.78, 5) is 76.8. The van der Waals surface area contributed by atoms with Crippen LogP contribution in [0.1, 0.15) is 43.0 Å². The van der Waals surface area contributed by atoms with Crippen LogP contribution in [0.25, 0.3) is 5.57 Å². The molecule has 0 bridgehead atoms. The number of non-ortho nitro benzene ring substituents is 1. The van der Waals surface area contributed by atoms with Gasteiger partial charge in [0.2, 0.25) is 30.4 Å². The second kappa shape index (κ2) is 29.4. The van der Waals surface area contributed by atoms with Crippen LogP contribution in [0.2, 0.25) is 0 Å². The molecule has 15 nitrogen and oxygen atoms in total. The van der Waals surface area contributed by atoms with E-state index in [9.17, 15) is 47.3 Å². The largest absolute Gasteiger partial charge is 0.573 e. The van der Waals surface area contributed by atoms with Gasteiger partial charge < -0.3 is 9.47 Å². The summed E-state index contributed by atoms with van der Waals surface area (Å²) in [5.41, 5.74) is 5.33. The van der Waals surface area contributed by atoms with Crippen molar-refractivity contribution in [3.63, 3.8) is 0 Å². The van der Waals surface area contributed by atoms with Crippen LogP contribution in [-0.4, -0.2) is 48.8 Å². The topological polar surface area (TPSA) is 209 Å². The number of ether oxygens (including phenoxy) is 2. The molecule has 0 heterocycles. The van der Waals surface area contributed by atoms with Crippen molar-refractivity contribution in [2.24, 2.45) is 25.0 Å². The fraction of sp³-hybridized carbons (Fsp3) is 0.178. The van der Waals surface area contributed by atoms with Crippen molar-refractivity contribution in [3.8, 4) is 11.5 Å². The molecule has 0 aliphatic carbocycles. The van der Waals surface area contributed by atoms with Gasteiger partial charge in [-0.05, 0) is 85.5 Å². The first-order valence-electron chi connectivity index (χ1n) is 18.1. The molecule has 20 heteroatoms. The van der Waals surface area contributed by atoms with E-state index in [0.29, 0.717) is 28.9 Å². The molecule has 0 saturated heterocycles. The van der Waals surface area contributed by atoms with Crippen LogP contribution in [0.15, 0.2) is 147 Å². The lowest BCUT2D eigenvalue weighted by atomic mass is 9.92. The van der Waals surface area contributed by atoms with Gasteiger partial charge in [0.05, 0.1) is 28.9 Å². The van der Waals surface area contributed by atoms with Gasteiger partial charge in [-0.15, -0.1) is 36.4 Å². The average molecular weight is 934 g/mol. The Morgan fingerprint density at radius 2 is 1.26 bits per heavy atom. The van der Waals surface area contributed by atoms with Gasteiger partial charge in [0, 0.05) is 23.9 Å². The van der Waals surface area contributed by atoms with Crippen molar-refractivity contribution in [3.05, 3.63) is 154 Å². The summed E-state index contributed by atoms with van der Waals surface area (Å²) >= 11 is 11.1. The van der Waals surface area contributed by atoms with Gasteiger partial charge in [0.25, 0.3) is 5.69 Å². The predicted molar refractivity (Wildman–Crippen MR) is 238 cm³/mol. The van der Waals surface area contributed by atoms with E-state index >= 15 is 0 Å². The monoisotopic (exact) mass is 932 g/mol. The van der Waals surface area contributed by atoms with Gasteiger partial charge >= 0.3 is 6.36 Å². The maximum Gasteiger partial charge on any atom is 0.573 e. The van der Waals surface area contributed by atoms with E-state index in [-0.39, 0.29) is 17.1 Å². The Morgan fingerprint density at radius 1 is 0.692 bits per heavy atom. The number of para-hydroxylation sites is 3. The van der Waals surface area contributed by atoms with E-state index in [4.69, 9.17) is 27.9 Å². The summed E-state index contributed by atoms with van der Waals surface area (Å²) in [6, 6.07) is 31.0. The number of aliphatic imine (C=N–C) groups is 5. The number of halogens is 5. The molecule has 0 fully saturated rings. The highest BCUT2D eigenvalue weighted by Crippen LogP contribution is 2.32. The van der Waals surface area contributed by atoms with Crippen molar-refractivity contribution in [1.29, 1.82) is 0 Å². The van der Waals surface area contributed by atoms with Crippen LogP contribution in [0.4, 0.5) is 41.6 Å². The van der Waals surface area contributed by atoms with Crippen LogP contribution in [0, 0.1) is 10.1 Å². The molecule has 65 heavy (non-hydrogen) atoms. The number of isocyanates is 5. The molecular formula is C45H37Cl2F3N6O9. The molecule has 0 N–H and O–H groups in total. The Bertz CT molecular complexity index is 2620. The smallest absolute Gasteiger partial charge is 0.494 e. The van der Waals surface area contributed by atoms with Crippen molar-refractivity contribution in [2.45, 2.75) is 44.4 Å². The maximum atomic E-state index is 11.8. The molecule has 5 aromatic rings. The quantitative estimate of drug-likeness (QED) is 0.0382. The van der Waals surface area contributed by atoms with E-state index in [0.717, 1.165) is 46.0 Å². The first-order chi connectivity index (χ1) is 30.9. The number of nitro benzene ring substituents is 1. The molecule has 0 spiro atoms. The zero-order valence-corrected chi connectivity index (χ0v) is 36.4. The molecule has 0 aliphatic heterocycles. The first-order valence-corrected chi connectivity index (χ1v) is 19.1. The molecule has 0 amide bonds. The second-order valence-electron chi connectivity index (χ2n) is 12.6. The van der Waals surface area contributed by atoms with Crippen LogP contribution in [0.5, 0.6) is 11.5 Å². The molecule has 0 aromatic heterocycles. The van der Waals surface area contributed by atoms with Crippen molar-refractivity contribution < 1.29 is 51.5 Å². The van der Waals surface area contributed by atoms with Crippen LogP contribution in [-0.2, 0) is 41.3 Å². The number of nitro groups is 1. The van der Waals surface area contributed by atoms with Crippen molar-refractivity contribution in [1.82, 2.24) is 0 Å². The highest BCUT2D eigenvalue weighted by molar-refractivity contribution is 6.17. The highest BCUT2D eigenvalue weighted by Gasteiger charge is 2.32. The van der Waals surface area contributed by atoms with Crippen molar-refractivity contribution in [2.75, 3.05) is 7.11 Å². The summed E-state index contributed by atoms with van der Waals surface area (Å²) in [6.45, 7) is 9.61. The molecule has 0 radical (unpaired) electrons. The number of hydrogen-bond acceptors (Lipinski definition) is 14. The molecule has 5 rings (SSSR count). The minimum atomic E-state index is -4.80. The Balaban J connectivity index is 0.000000408. The van der Waals surface area contributed by atoms with Crippen LogP contribution >= 0.6 is 23.2 Å². The molecule has 5 aromatic carbocycles. The lowest BCUT2D eigenvalue weighted by Crippen LogP contribution is -2.17. The van der Waals surface area contributed by atoms with Gasteiger partial charge in [-0.1, -0.05) is 72.8 Å². The minimum absolute atomic E-state index is 0.0942. The lowest BCUT2D eigenvalue weighted by molar-refractivity contribution is -0.384. The van der Waals surface area contributed by atoms with Gasteiger partial charge in [-0.25, -0.2) is 24.0 Å². The number of alkyl halides is 5. The van der Waals surface area contributed by atoms with Crippen molar-refractivity contribution >= 4 is 87.6 Å². The minimum Gasteiger partial charge on any atom is -0.494 e. The number of carbonyl (C=O) groups excluding carboxylic acids is 5. The summed E-state index contributed by atoms with van der Waals surface area (Å²) in [5, 5.41) is 10.4. The fourth-order valence-electron chi connectivity index (χ4n) is 4.58. The summed E-state index contributed by atoms with van der Waals surface area (Å²) in [5.74, 6) is 0.606. The Kier molecular flexibility index (Phi) is 25.0. The fourth-order valence-corrected chi connectivity index (χ4v) is 4.98. The number of hydrogen-bond donors (Lipinski definition) is 0. The molecular weight excluding hydrogens is 896 g/mol. The normalized spacial score (nSPS) is 9.62. The number of rotatable bonds is 12. The summed E-state index contributed by atoms with van der Waals surface area (Å²) < 4.78 is 43.8. The highest BCUT2D eigenvalue weighted by atomic mass is 35.5. The van der Waals surface area contributed by atoms with E-state index < -0.39 is 22.6 Å². The third-order valence-electron chi connectivity index (χ3n) is 7.75. The van der Waals surface area contributed by atoms with Gasteiger partial charge in [-0.3, -0.25) is 10.1 Å². The Morgan fingerprint density at radius 3 is 1.78 bits per heavy atom. The number of nitrogens with zero attached hydrogens (tertiary/aromatic N) is 6. The van der Waals surface area contributed by atoms with Gasteiger partial charge in [-0.2, -0.15) is 25.0 Å². The average Bonchev–Trinajstić information content (AvgIpc) is 3.28. The maximum absolute atomic E-state index is 11.8.